The van der Waals surface area contributed by atoms with Crippen molar-refractivity contribution in [3.63, 3.8) is 0 Å². The quantitative estimate of drug-likeness (QED) is 0.893. The van der Waals surface area contributed by atoms with Crippen molar-refractivity contribution in [2.45, 2.75) is 57.2 Å². The van der Waals surface area contributed by atoms with Crippen LogP contribution in [0.5, 0.6) is 0 Å². The average molecular weight is 337 g/mol. The molecule has 2 aliphatic heterocycles. The summed E-state index contributed by atoms with van der Waals surface area (Å²) in [5, 5.41) is 3.72. The molecule has 20 heavy (non-hydrogen) atoms. The highest BCUT2D eigenvalue weighted by Crippen LogP contribution is 2.32. The summed E-state index contributed by atoms with van der Waals surface area (Å²) in [6.07, 6.45) is 6.80. The van der Waals surface area contributed by atoms with Crippen LogP contribution in [0.2, 0.25) is 0 Å². The molecule has 2 nitrogen and oxygen atoms in total. The molecule has 3 rings (SSSR count). The van der Waals surface area contributed by atoms with E-state index in [0.29, 0.717) is 12.1 Å². The smallest absolute Gasteiger partial charge is 0.0323 e. The molecule has 3 heteroatoms. The summed E-state index contributed by atoms with van der Waals surface area (Å²) in [4.78, 5) is 2.74. The number of rotatable bonds is 3. The topological polar surface area (TPSA) is 15.3 Å². The van der Waals surface area contributed by atoms with E-state index < -0.39 is 0 Å². The molecule has 0 radical (unpaired) electrons. The van der Waals surface area contributed by atoms with Crippen LogP contribution in [-0.4, -0.2) is 30.1 Å². The number of nitrogens with one attached hydrogen (secondary N) is 1. The average Bonchev–Trinajstić information content (AvgIpc) is 3.00. The molecule has 2 heterocycles. The lowest BCUT2D eigenvalue weighted by molar-refractivity contribution is 0.0802. The monoisotopic (exact) mass is 336 g/mol. The predicted molar refractivity (Wildman–Crippen MR) is 87.9 cm³/mol. The second kappa shape index (κ2) is 6.59. The standard InChI is InChI=1S/C17H25BrN2/c1-13(14-6-4-7-15(18)12-14)20-11-3-2-9-17(20)16-8-5-10-19-16/h4,6-7,12-13,16-17,19H,2-3,5,8-11H2,1H3. The molecule has 0 spiro atoms. The van der Waals surface area contributed by atoms with Crippen molar-refractivity contribution in [1.82, 2.24) is 10.2 Å². The number of halogens is 1. The Kier molecular flexibility index (Phi) is 4.79. The SMILES string of the molecule is CC(c1cccc(Br)c1)N1CCCCC1C1CCCN1. The molecule has 0 aromatic heterocycles. The summed E-state index contributed by atoms with van der Waals surface area (Å²) < 4.78 is 1.19. The Morgan fingerprint density at radius 3 is 2.90 bits per heavy atom. The van der Waals surface area contributed by atoms with E-state index in [1.165, 1.54) is 55.2 Å². The van der Waals surface area contributed by atoms with Gasteiger partial charge in [-0.1, -0.05) is 34.5 Å². The third-order valence-corrected chi connectivity index (χ3v) is 5.48. The molecule has 0 aliphatic carbocycles. The van der Waals surface area contributed by atoms with Crippen LogP contribution < -0.4 is 5.32 Å². The number of benzene rings is 1. The van der Waals surface area contributed by atoms with Crippen LogP contribution in [0.4, 0.5) is 0 Å². The maximum absolute atomic E-state index is 3.72. The zero-order chi connectivity index (χ0) is 13.9. The number of hydrogen-bond acceptors (Lipinski definition) is 2. The lowest BCUT2D eigenvalue weighted by Crippen LogP contribution is -2.50. The van der Waals surface area contributed by atoms with Crippen molar-refractivity contribution in [2.24, 2.45) is 0 Å². The molecule has 3 atom stereocenters. The fourth-order valence-electron chi connectivity index (χ4n) is 3.89. The Bertz CT molecular complexity index is 442. The molecular weight excluding hydrogens is 312 g/mol. The molecule has 0 bridgehead atoms. The molecule has 1 aromatic carbocycles. The van der Waals surface area contributed by atoms with Gasteiger partial charge in [-0.3, -0.25) is 4.90 Å². The van der Waals surface area contributed by atoms with Gasteiger partial charge in [0.2, 0.25) is 0 Å². The Morgan fingerprint density at radius 2 is 2.15 bits per heavy atom. The zero-order valence-corrected chi connectivity index (χ0v) is 13.9. The summed E-state index contributed by atoms with van der Waals surface area (Å²) in [5.41, 5.74) is 1.43. The molecular formula is C17H25BrN2. The Hall–Kier alpha value is -0.380. The lowest BCUT2D eigenvalue weighted by atomic mass is 9.91. The summed E-state index contributed by atoms with van der Waals surface area (Å²) in [5.74, 6) is 0. The first kappa shape index (κ1) is 14.6. The van der Waals surface area contributed by atoms with Crippen LogP contribution >= 0.6 is 15.9 Å². The van der Waals surface area contributed by atoms with Gasteiger partial charge in [0, 0.05) is 22.6 Å². The van der Waals surface area contributed by atoms with Gasteiger partial charge in [0.1, 0.15) is 0 Å². The van der Waals surface area contributed by atoms with Crippen LogP contribution in [-0.2, 0) is 0 Å². The molecule has 1 aromatic rings. The minimum absolute atomic E-state index is 0.514. The van der Waals surface area contributed by atoms with Crippen molar-refractivity contribution in [3.8, 4) is 0 Å². The van der Waals surface area contributed by atoms with Crippen LogP contribution in [0, 0.1) is 0 Å². The second-order valence-electron chi connectivity index (χ2n) is 6.23. The highest BCUT2D eigenvalue weighted by molar-refractivity contribution is 9.10. The van der Waals surface area contributed by atoms with Crippen molar-refractivity contribution < 1.29 is 0 Å². The van der Waals surface area contributed by atoms with Gasteiger partial charge >= 0.3 is 0 Å². The molecule has 0 saturated carbocycles. The van der Waals surface area contributed by atoms with E-state index in [1.807, 2.05) is 0 Å². The molecule has 2 saturated heterocycles. The van der Waals surface area contributed by atoms with E-state index in [2.05, 4.69) is 57.3 Å². The van der Waals surface area contributed by atoms with Crippen molar-refractivity contribution in [1.29, 1.82) is 0 Å². The lowest BCUT2D eigenvalue weighted by Gasteiger charge is -2.43. The number of piperidine rings is 1. The fourth-order valence-corrected chi connectivity index (χ4v) is 4.31. The molecule has 3 unspecified atom stereocenters. The van der Waals surface area contributed by atoms with E-state index in [9.17, 15) is 0 Å². The van der Waals surface area contributed by atoms with Gasteiger partial charge in [-0.2, -0.15) is 0 Å². The van der Waals surface area contributed by atoms with Gasteiger partial charge in [0.05, 0.1) is 0 Å². The summed E-state index contributed by atoms with van der Waals surface area (Å²) >= 11 is 3.60. The third kappa shape index (κ3) is 3.10. The Labute approximate surface area is 131 Å². The van der Waals surface area contributed by atoms with Crippen LogP contribution in [0.3, 0.4) is 0 Å². The summed E-state index contributed by atoms with van der Waals surface area (Å²) in [7, 11) is 0. The normalized spacial score (nSPS) is 29.5. The first-order valence-corrected chi connectivity index (χ1v) is 8.79. The maximum atomic E-state index is 3.72. The number of hydrogen-bond donors (Lipinski definition) is 1. The third-order valence-electron chi connectivity index (χ3n) is 4.98. The minimum Gasteiger partial charge on any atom is -0.312 e. The van der Waals surface area contributed by atoms with Gasteiger partial charge in [0.15, 0.2) is 0 Å². The van der Waals surface area contributed by atoms with Crippen molar-refractivity contribution in [3.05, 3.63) is 34.3 Å². The maximum Gasteiger partial charge on any atom is 0.0323 e. The minimum atomic E-state index is 0.514. The molecule has 110 valence electrons. The van der Waals surface area contributed by atoms with Gasteiger partial charge < -0.3 is 5.32 Å². The van der Waals surface area contributed by atoms with Crippen LogP contribution in [0.1, 0.15) is 50.6 Å². The zero-order valence-electron chi connectivity index (χ0n) is 12.3. The van der Waals surface area contributed by atoms with E-state index in [0.717, 1.165) is 6.04 Å². The van der Waals surface area contributed by atoms with E-state index in [1.54, 1.807) is 0 Å². The number of likely N-dealkylation sites (tertiary alicyclic amines) is 1. The van der Waals surface area contributed by atoms with Gasteiger partial charge in [-0.05, 0) is 63.4 Å². The van der Waals surface area contributed by atoms with Gasteiger partial charge in [-0.15, -0.1) is 0 Å². The largest absolute Gasteiger partial charge is 0.312 e. The predicted octanol–water partition coefficient (Wildman–Crippen LogP) is 4.12. The van der Waals surface area contributed by atoms with E-state index in [-0.39, 0.29) is 0 Å². The highest BCUT2D eigenvalue weighted by Gasteiger charge is 2.34. The van der Waals surface area contributed by atoms with Gasteiger partial charge in [0.25, 0.3) is 0 Å². The van der Waals surface area contributed by atoms with Crippen molar-refractivity contribution >= 4 is 15.9 Å². The Morgan fingerprint density at radius 1 is 1.25 bits per heavy atom. The number of nitrogens with zero attached hydrogens (tertiary/aromatic N) is 1. The van der Waals surface area contributed by atoms with Crippen LogP contribution in [0.15, 0.2) is 28.7 Å². The van der Waals surface area contributed by atoms with E-state index >= 15 is 0 Å². The van der Waals surface area contributed by atoms with Gasteiger partial charge in [-0.25, -0.2) is 0 Å². The second-order valence-corrected chi connectivity index (χ2v) is 7.15. The molecule has 0 amide bonds. The van der Waals surface area contributed by atoms with E-state index in [4.69, 9.17) is 0 Å². The first-order valence-electron chi connectivity index (χ1n) is 8.00. The highest BCUT2D eigenvalue weighted by atomic mass is 79.9. The summed E-state index contributed by atoms with van der Waals surface area (Å²) in [6, 6.07) is 10.8. The molecule has 1 N–H and O–H groups in total. The molecule has 2 fully saturated rings. The summed E-state index contributed by atoms with van der Waals surface area (Å²) in [6.45, 7) is 4.83. The first-order chi connectivity index (χ1) is 9.75. The molecule has 2 aliphatic rings. The fraction of sp³-hybridized carbons (Fsp3) is 0.647. The van der Waals surface area contributed by atoms with Crippen molar-refractivity contribution in [2.75, 3.05) is 13.1 Å². The Balaban J connectivity index is 1.78. The van der Waals surface area contributed by atoms with Crippen LogP contribution in [0.25, 0.3) is 0 Å².